The Morgan fingerprint density at radius 2 is 1.56 bits per heavy atom. The van der Waals surface area contributed by atoms with E-state index in [9.17, 15) is 9.59 Å². The first-order chi connectivity index (χ1) is 17.5. The second kappa shape index (κ2) is 14.5. The van der Waals surface area contributed by atoms with Crippen LogP contribution < -0.4 is 14.2 Å². The van der Waals surface area contributed by atoms with Crippen LogP contribution in [0.1, 0.15) is 60.9 Å². The summed E-state index contributed by atoms with van der Waals surface area (Å²) in [5.74, 6) is 1.41. The average Bonchev–Trinajstić information content (AvgIpc) is 2.93. The number of Topliss-reactive ketones (excluding diaryl/α,β-unsaturated/α-hetero) is 1. The third-order valence-electron chi connectivity index (χ3n) is 6.74. The highest BCUT2D eigenvalue weighted by Gasteiger charge is 2.22. The maximum Gasteiger partial charge on any atom is 0.338 e. The van der Waals surface area contributed by atoms with Gasteiger partial charge in [-0.3, -0.25) is 9.69 Å². The fourth-order valence-electron chi connectivity index (χ4n) is 4.74. The summed E-state index contributed by atoms with van der Waals surface area (Å²) in [6.07, 6.45) is 6.90. The summed E-state index contributed by atoms with van der Waals surface area (Å²) >= 11 is 0. The topological polar surface area (TPSA) is 74.3 Å². The van der Waals surface area contributed by atoms with Crippen LogP contribution >= 0.6 is 0 Å². The molecule has 0 radical (unpaired) electrons. The highest BCUT2D eigenvalue weighted by atomic mass is 16.5. The zero-order chi connectivity index (χ0) is 25.8. The molecule has 7 nitrogen and oxygen atoms in total. The fourth-order valence-corrected chi connectivity index (χ4v) is 4.74. The molecule has 2 aromatic rings. The van der Waals surface area contributed by atoms with Crippen molar-refractivity contribution >= 4 is 11.8 Å². The lowest BCUT2D eigenvalue weighted by molar-refractivity contribution is -0.124. The maximum atomic E-state index is 12.8. The van der Waals surface area contributed by atoms with E-state index < -0.39 is 5.97 Å². The van der Waals surface area contributed by atoms with E-state index in [-0.39, 0.29) is 12.5 Å². The van der Waals surface area contributed by atoms with E-state index in [1.165, 1.54) is 46.2 Å². The molecule has 0 spiro atoms. The van der Waals surface area contributed by atoms with Crippen LogP contribution in [0, 0.1) is 5.92 Å². The van der Waals surface area contributed by atoms with Crippen molar-refractivity contribution in [1.29, 1.82) is 0 Å². The minimum atomic E-state index is -0.448. The number of rotatable bonds is 14. The van der Waals surface area contributed by atoms with E-state index in [2.05, 4.69) is 17.0 Å². The standard InChI is InChI=1S/C29H39NO6/c1-33-26-19-24(20-27(34-2)28(26)35-3)29(32)36-18-10-16-30(21-22-11-6-4-7-12-22)17-15-25(31)23-13-8-5-9-14-23/h4,6-7,11-12,19-20,23H,5,8-10,13-18,21H2,1-3H3. The van der Waals surface area contributed by atoms with Gasteiger partial charge in [0.15, 0.2) is 11.5 Å². The lowest BCUT2D eigenvalue weighted by atomic mass is 9.85. The summed E-state index contributed by atoms with van der Waals surface area (Å²) in [4.78, 5) is 27.7. The van der Waals surface area contributed by atoms with E-state index in [0.717, 1.165) is 25.9 Å². The number of hydrogen-bond donors (Lipinski definition) is 0. The Balaban J connectivity index is 1.54. The van der Waals surface area contributed by atoms with Gasteiger partial charge in [-0.05, 0) is 37.0 Å². The Labute approximate surface area is 214 Å². The van der Waals surface area contributed by atoms with Gasteiger partial charge in [0.05, 0.1) is 33.5 Å². The molecule has 0 atom stereocenters. The average molecular weight is 498 g/mol. The van der Waals surface area contributed by atoms with Crippen LogP contribution in [0.3, 0.4) is 0 Å². The van der Waals surface area contributed by atoms with Crippen LogP contribution in [0.15, 0.2) is 42.5 Å². The van der Waals surface area contributed by atoms with Gasteiger partial charge < -0.3 is 18.9 Å². The molecule has 0 aliphatic heterocycles. The summed E-state index contributed by atoms with van der Waals surface area (Å²) < 4.78 is 21.5. The Kier molecular flexibility index (Phi) is 11.1. The van der Waals surface area contributed by atoms with Crippen LogP contribution in [0.25, 0.3) is 0 Å². The number of ether oxygens (including phenoxy) is 4. The van der Waals surface area contributed by atoms with Crippen molar-refractivity contribution in [1.82, 2.24) is 4.90 Å². The highest BCUT2D eigenvalue weighted by Crippen LogP contribution is 2.38. The minimum Gasteiger partial charge on any atom is -0.493 e. The molecule has 36 heavy (non-hydrogen) atoms. The van der Waals surface area contributed by atoms with E-state index in [1.54, 1.807) is 12.1 Å². The first kappa shape index (κ1) is 27.5. The zero-order valence-electron chi connectivity index (χ0n) is 21.8. The number of ketones is 1. The van der Waals surface area contributed by atoms with Gasteiger partial charge >= 0.3 is 5.97 Å². The number of carbonyl (C=O) groups excluding carboxylic acids is 2. The maximum absolute atomic E-state index is 12.8. The van der Waals surface area contributed by atoms with E-state index >= 15 is 0 Å². The molecule has 0 bridgehead atoms. The number of hydrogen-bond acceptors (Lipinski definition) is 7. The van der Waals surface area contributed by atoms with Crippen LogP contribution in [0.5, 0.6) is 17.2 Å². The first-order valence-electron chi connectivity index (χ1n) is 12.8. The summed E-state index contributed by atoms with van der Waals surface area (Å²) in [5, 5.41) is 0. The molecule has 0 unspecified atom stereocenters. The van der Waals surface area contributed by atoms with Gasteiger partial charge in [-0.2, -0.15) is 0 Å². The summed E-state index contributed by atoms with van der Waals surface area (Å²) in [6, 6.07) is 13.4. The van der Waals surface area contributed by atoms with Gasteiger partial charge in [-0.25, -0.2) is 4.79 Å². The largest absolute Gasteiger partial charge is 0.493 e. The quantitative estimate of drug-likeness (QED) is 0.259. The molecule has 1 saturated carbocycles. The molecule has 0 saturated heterocycles. The van der Waals surface area contributed by atoms with Gasteiger partial charge in [0.25, 0.3) is 0 Å². The van der Waals surface area contributed by atoms with Crippen molar-refractivity contribution in [2.24, 2.45) is 5.92 Å². The van der Waals surface area contributed by atoms with Crippen LogP contribution in [-0.2, 0) is 16.1 Å². The van der Waals surface area contributed by atoms with E-state index in [1.807, 2.05) is 18.2 Å². The molecule has 3 rings (SSSR count). The van der Waals surface area contributed by atoms with Crippen molar-refractivity contribution < 1.29 is 28.5 Å². The van der Waals surface area contributed by atoms with Gasteiger partial charge in [-0.15, -0.1) is 0 Å². The van der Waals surface area contributed by atoms with E-state index in [4.69, 9.17) is 18.9 Å². The highest BCUT2D eigenvalue weighted by molar-refractivity contribution is 5.91. The van der Waals surface area contributed by atoms with Gasteiger partial charge in [-0.1, -0.05) is 49.6 Å². The smallest absolute Gasteiger partial charge is 0.338 e. The fraction of sp³-hybridized carbons (Fsp3) is 0.517. The molecule has 1 fully saturated rings. The number of carbonyl (C=O) groups is 2. The van der Waals surface area contributed by atoms with Gasteiger partial charge in [0.2, 0.25) is 5.75 Å². The predicted octanol–water partition coefficient (Wildman–Crippen LogP) is 5.30. The van der Waals surface area contributed by atoms with Crippen molar-refractivity contribution in [2.45, 2.75) is 51.5 Å². The Morgan fingerprint density at radius 1 is 0.889 bits per heavy atom. The van der Waals surface area contributed by atoms with Crippen LogP contribution in [0.2, 0.25) is 0 Å². The van der Waals surface area contributed by atoms with Crippen LogP contribution in [0.4, 0.5) is 0 Å². The molecular formula is C29H39NO6. The summed E-state index contributed by atoms with van der Waals surface area (Å²) in [6.45, 7) is 2.48. The summed E-state index contributed by atoms with van der Waals surface area (Å²) in [5.41, 5.74) is 1.54. The second-order valence-electron chi connectivity index (χ2n) is 9.22. The molecule has 0 N–H and O–H groups in total. The number of benzene rings is 2. The minimum absolute atomic E-state index is 0.233. The molecule has 7 heteroatoms. The molecule has 1 aliphatic rings. The lowest BCUT2D eigenvalue weighted by Gasteiger charge is -2.25. The molecule has 2 aromatic carbocycles. The summed E-state index contributed by atoms with van der Waals surface area (Å²) in [7, 11) is 4.53. The Bertz CT molecular complexity index is 946. The zero-order valence-corrected chi connectivity index (χ0v) is 21.8. The molecule has 0 amide bonds. The second-order valence-corrected chi connectivity index (χ2v) is 9.22. The molecule has 0 aromatic heterocycles. The molecular weight excluding hydrogens is 458 g/mol. The third-order valence-corrected chi connectivity index (χ3v) is 6.74. The first-order valence-corrected chi connectivity index (χ1v) is 12.8. The van der Waals surface area contributed by atoms with Gasteiger partial charge in [0, 0.05) is 32.0 Å². The van der Waals surface area contributed by atoms with Crippen molar-refractivity contribution in [2.75, 3.05) is 41.0 Å². The van der Waals surface area contributed by atoms with Crippen molar-refractivity contribution in [3.05, 3.63) is 53.6 Å². The monoisotopic (exact) mass is 497 g/mol. The molecule has 1 aliphatic carbocycles. The number of methoxy groups -OCH3 is 3. The van der Waals surface area contributed by atoms with Crippen molar-refractivity contribution in [3.8, 4) is 17.2 Å². The predicted molar refractivity (Wildman–Crippen MR) is 139 cm³/mol. The Hall–Kier alpha value is -3.06. The lowest BCUT2D eigenvalue weighted by Crippen LogP contribution is -2.30. The van der Waals surface area contributed by atoms with E-state index in [0.29, 0.717) is 48.0 Å². The normalized spacial score (nSPS) is 13.9. The Morgan fingerprint density at radius 3 is 2.17 bits per heavy atom. The third kappa shape index (κ3) is 7.98. The number of esters is 1. The number of nitrogens with zero attached hydrogens (tertiary/aromatic N) is 1. The SMILES string of the molecule is COc1cc(C(=O)OCCCN(CCC(=O)C2CCCCC2)Cc2ccccc2)cc(OC)c1OC. The van der Waals surface area contributed by atoms with Gasteiger partial charge in [0.1, 0.15) is 5.78 Å². The molecule has 0 heterocycles. The van der Waals surface area contributed by atoms with Crippen molar-refractivity contribution in [3.63, 3.8) is 0 Å². The van der Waals surface area contributed by atoms with Crippen LogP contribution in [-0.4, -0.2) is 57.7 Å². The molecule has 196 valence electrons.